The van der Waals surface area contributed by atoms with E-state index in [4.69, 9.17) is 23.8 Å². The lowest BCUT2D eigenvalue weighted by atomic mass is 10.2. The van der Waals surface area contributed by atoms with E-state index in [2.05, 4.69) is 6.92 Å². The Morgan fingerprint density at radius 2 is 1.96 bits per heavy atom. The molecule has 0 N–H and O–H groups in total. The topological polar surface area (TPSA) is 26.4 Å². The molecule has 3 nitrogen and oxygen atoms in total. The van der Waals surface area contributed by atoms with E-state index in [1.807, 2.05) is 57.5 Å². The van der Waals surface area contributed by atoms with Crippen molar-refractivity contribution in [1.29, 1.82) is 0 Å². The van der Waals surface area contributed by atoms with E-state index >= 15 is 0 Å². The van der Waals surface area contributed by atoms with Crippen LogP contribution in [0.4, 0.5) is 0 Å². The maximum atomic E-state index is 13.1. The highest BCUT2D eigenvalue weighted by Gasteiger charge is 2.17. The van der Waals surface area contributed by atoms with Crippen LogP contribution < -0.4 is 5.56 Å². The molecule has 25 heavy (non-hydrogen) atoms. The van der Waals surface area contributed by atoms with Crippen molar-refractivity contribution in [1.82, 2.24) is 8.97 Å². The number of halogens is 1. The fourth-order valence-corrected chi connectivity index (χ4v) is 4.78. The minimum Gasteiger partial charge on any atom is -0.293 e. The Morgan fingerprint density at radius 3 is 2.72 bits per heavy atom. The molecular weight excluding hydrogens is 372 g/mol. The molecule has 2 aromatic carbocycles. The van der Waals surface area contributed by atoms with Crippen LogP contribution in [0.3, 0.4) is 0 Å². The minimum atomic E-state index is 0.0218. The third-order valence-electron chi connectivity index (χ3n) is 4.20. The second-order valence-electron chi connectivity index (χ2n) is 5.84. The summed E-state index contributed by atoms with van der Waals surface area (Å²) in [4.78, 5) is 14.1. The van der Waals surface area contributed by atoms with Gasteiger partial charge in [-0.3, -0.25) is 13.8 Å². The van der Waals surface area contributed by atoms with Crippen LogP contribution in [-0.2, 0) is 6.54 Å². The SMILES string of the molecule is CCCn1c(=O)c2ccccc2n2c(=S)sc(-c3cccc(Cl)c3)c12. The van der Waals surface area contributed by atoms with Gasteiger partial charge < -0.3 is 0 Å². The first kappa shape index (κ1) is 16.5. The highest BCUT2D eigenvalue weighted by Crippen LogP contribution is 2.34. The Kier molecular flexibility index (Phi) is 4.23. The predicted molar refractivity (Wildman–Crippen MR) is 109 cm³/mol. The maximum Gasteiger partial charge on any atom is 0.261 e. The number of hydrogen-bond acceptors (Lipinski definition) is 3. The van der Waals surface area contributed by atoms with E-state index in [0.29, 0.717) is 17.0 Å². The molecule has 0 radical (unpaired) electrons. The molecule has 0 unspecified atom stereocenters. The zero-order valence-corrected chi connectivity index (χ0v) is 15.9. The molecule has 2 aromatic heterocycles. The molecule has 0 saturated heterocycles. The smallest absolute Gasteiger partial charge is 0.261 e. The number of thiazole rings is 1. The van der Waals surface area contributed by atoms with Crippen LogP contribution in [0.2, 0.25) is 5.02 Å². The minimum absolute atomic E-state index is 0.0218. The van der Waals surface area contributed by atoms with Gasteiger partial charge in [0.25, 0.3) is 5.56 Å². The van der Waals surface area contributed by atoms with E-state index in [1.54, 1.807) is 0 Å². The first-order valence-electron chi connectivity index (χ1n) is 8.05. The molecule has 0 atom stereocenters. The van der Waals surface area contributed by atoms with Crippen LogP contribution in [-0.4, -0.2) is 8.97 Å². The van der Waals surface area contributed by atoms with E-state index < -0.39 is 0 Å². The summed E-state index contributed by atoms with van der Waals surface area (Å²) >= 11 is 13.4. The summed E-state index contributed by atoms with van der Waals surface area (Å²) in [7, 11) is 0. The van der Waals surface area contributed by atoms with E-state index in [1.165, 1.54) is 11.3 Å². The van der Waals surface area contributed by atoms with Crippen molar-refractivity contribution in [3.05, 3.63) is 67.9 Å². The molecule has 126 valence electrons. The Hall–Kier alpha value is -1.95. The summed E-state index contributed by atoms with van der Waals surface area (Å²) in [5.41, 5.74) is 2.70. The van der Waals surface area contributed by atoms with Gasteiger partial charge in [-0.2, -0.15) is 0 Å². The largest absolute Gasteiger partial charge is 0.293 e. The average Bonchev–Trinajstić information content (AvgIpc) is 2.96. The lowest BCUT2D eigenvalue weighted by molar-refractivity contribution is 0.671. The maximum absolute atomic E-state index is 13.1. The molecule has 0 aliphatic rings. The lowest BCUT2D eigenvalue weighted by Gasteiger charge is -2.12. The van der Waals surface area contributed by atoms with Crippen molar-refractivity contribution in [3.63, 3.8) is 0 Å². The van der Waals surface area contributed by atoms with Gasteiger partial charge in [-0.1, -0.05) is 42.8 Å². The molecular formula is C19H15ClN2OS2. The molecule has 0 aliphatic heterocycles. The third-order valence-corrected chi connectivity index (χ3v) is 5.84. The first-order chi connectivity index (χ1) is 12.1. The summed E-state index contributed by atoms with van der Waals surface area (Å²) in [6, 6.07) is 15.3. The summed E-state index contributed by atoms with van der Waals surface area (Å²) in [5, 5.41) is 1.36. The second-order valence-corrected chi connectivity index (χ2v) is 7.92. The third kappa shape index (κ3) is 2.63. The number of fused-ring (bicyclic) bond motifs is 3. The summed E-state index contributed by atoms with van der Waals surface area (Å²) < 4.78 is 4.58. The van der Waals surface area contributed by atoms with Gasteiger partial charge in [0.1, 0.15) is 5.65 Å². The van der Waals surface area contributed by atoms with E-state index in [9.17, 15) is 4.79 Å². The summed E-state index contributed by atoms with van der Waals surface area (Å²) in [5.74, 6) is 0. The standard InChI is InChI=1S/C19H15ClN2OS2/c1-2-10-21-17-16(12-6-5-7-13(20)11-12)25-19(24)22(17)15-9-4-3-8-14(15)18(21)23/h3-9,11H,2,10H2,1H3. The zero-order chi connectivity index (χ0) is 17.6. The molecule has 4 aromatic rings. The van der Waals surface area contributed by atoms with Crippen molar-refractivity contribution >= 4 is 51.7 Å². The van der Waals surface area contributed by atoms with Gasteiger partial charge in [0.2, 0.25) is 0 Å². The molecule has 0 bridgehead atoms. The molecule has 0 fully saturated rings. The van der Waals surface area contributed by atoms with Gasteiger partial charge >= 0.3 is 0 Å². The Labute approximate surface area is 158 Å². The van der Waals surface area contributed by atoms with Crippen molar-refractivity contribution in [2.24, 2.45) is 0 Å². The van der Waals surface area contributed by atoms with Crippen molar-refractivity contribution in [3.8, 4) is 10.4 Å². The molecule has 2 heterocycles. The number of aryl methyl sites for hydroxylation is 1. The Balaban J connectivity index is 2.24. The van der Waals surface area contributed by atoms with Gasteiger partial charge in [-0.15, -0.1) is 11.3 Å². The van der Waals surface area contributed by atoms with Crippen molar-refractivity contribution in [2.45, 2.75) is 19.9 Å². The second kappa shape index (κ2) is 6.41. The molecule has 0 saturated carbocycles. The van der Waals surface area contributed by atoms with Gasteiger partial charge in [0.15, 0.2) is 3.95 Å². The first-order valence-corrected chi connectivity index (χ1v) is 9.65. The van der Waals surface area contributed by atoms with Crippen molar-refractivity contribution < 1.29 is 0 Å². The van der Waals surface area contributed by atoms with Gasteiger partial charge in [0.05, 0.1) is 15.8 Å². The number of benzene rings is 2. The van der Waals surface area contributed by atoms with Crippen LogP contribution >= 0.6 is 35.2 Å². The molecule has 0 spiro atoms. The number of aromatic nitrogens is 2. The summed E-state index contributed by atoms with van der Waals surface area (Å²) in [6.45, 7) is 2.71. The molecule has 0 aliphatic carbocycles. The lowest BCUT2D eigenvalue weighted by Crippen LogP contribution is -2.23. The van der Waals surface area contributed by atoms with Crippen LogP contribution in [0.25, 0.3) is 27.0 Å². The average molecular weight is 387 g/mol. The van der Waals surface area contributed by atoms with Crippen molar-refractivity contribution in [2.75, 3.05) is 0 Å². The van der Waals surface area contributed by atoms with Crippen LogP contribution in [0.15, 0.2) is 53.3 Å². The number of para-hydroxylation sites is 1. The van der Waals surface area contributed by atoms with Crippen LogP contribution in [0.5, 0.6) is 0 Å². The van der Waals surface area contributed by atoms with Gasteiger partial charge in [0, 0.05) is 11.6 Å². The van der Waals surface area contributed by atoms with Crippen LogP contribution in [0, 0.1) is 3.95 Å². The monoisotopic (exact) mass is 386 g/mol. The van der Waals surface area contributed by atoms with Crippen LogP contribution in [0.1, 0.15) is 13.3 Å². The zero-order valence-electron chi connectivity index (χ0n) is 13.5. The fourth-order valence-electron chi connectivity index (χ4n) is 3.16. The molecule has 0 amide bonds. The fraction of sp³-hybridized carbons (Fsp3) is 0.158. The van der Waals surface area contributed by atoms with E-state index in [-0.39, 0.29) is 5.56 Å². The van der Waals surface area contributed by atoms with Gasteiger partial charge in [-0.05, 0) is 48.5 Å². The normalized spacial score (nSPS) is 11.4. The Bertz CT molecular complexity index is 1220. The number of hydrogen-bond donors (Lipinski definition) is 0. The highest BCUT2D eigenvalue weighted by molar-refractivity contribution is 7.73. The quantitative estimate of drug-likeness (QED) is 0.417. The summed E-state index contributed by atoms with van der Waals surface area (Å²) in [6.07, 6.45) is 0.867. The molecule has 4 rings (SSSR count). The predicted octanol–water partition coefficient (Wildman–Crippen LogP) is 5.78. The van der Waals surface area contributed by atoms with Gasteiger partial charge in [-0.25, -0.2) is 0 Å². The van der Waals surface area contributed by atoms with E-state index in [0.717, 1.165) is 32.0 Å². The Morgan fingerprint density at radius 1 is 1.16 bits per heavy atom. The number of nitrogens with zero attached hydrogens (tertiary/aromatic N) is 2. The highest BCUT2D eigenvalue weighted by atomic mass is 35.5. The number of rotatable bonds is 3. The molecule has 6 heteroatoms.